The maximum Gasteiger partial charge on any atom is 0.111 e. The van der Waals surface area contributed by atoms with E-state index in [4.69, 9.17) is 0 Å². The van der Waals surface area contributed by atoms with Crippen LogP contribution in [0.5, 0.6) is 0 Å². The van der Waals surface area contributed by atoms with E-state index in [0.29, 0.717) is 18.7 Å². The standard InChI is InChI=1S/C10H12BrN3OS/c1-2-9(15)8-5-14(13-12-8)6-10-7(11)3-4-16-10/h3-5,9,15H,2,6H2,1H3. The lowest BCUT2D eigenvalue weighted by atomic mass is 10.2. The van der Waals surface area contributed by atoms with E-state index in [-0.39, 0.29) is 0 Å². The average Bonchev–Trinajstić information content (AvgIpc) is 2.89. The monoisotopic (exact) mass is 301 g/mol. The minimum Gasteiger partial charge on any atom is -0.387 e. The first-order valence-corrected chi connectivity index (χ1v) is 6.68. The van der Waals surface area contributed by atoms with E-state index in [1.54, 1.807) is 22.2 Å². The van der Waals surface area contributed by atoms with Crippen LogP contribution in [0.1, 0.15) is 30.0 Å². The number of rotatable bonds is 4. The molecule has 1 atom stereocenters. The second-order valence-corrected chi connectivity index (χ2v) is 5.31. The van der Waals surface area contributed by atoms with Crippen molar-refractivity contribution in [2.45, 2.75) is 26.0 Å². The number of aromatic nitrogens is 3. The van der Waals surface area contributed by atoms with Gasteiger partial charge in [0.15, 0.2) is 0 Å². The van der Waals surface area contributed by atoms with Crippen LogP contribution in [0.2, 0.25) is 0 Å². The van der Waals surface area contributed by atoms with Gasteiger partial charge in [0.2, 0.25) is 0 Å². The Morgan fingerprint density at radius 1 is 1.62 bits per heavy atom. The first-order valence-electron chi connectivity index (χ1n) is 5.00. The van der Waals surface area contributed by atoms with Gasteiger partial charge in [0.05, 0.1) is 18.8 Å². The van der Waals surface area contributed by atoms with Gasteiger partial charge in [0, 0.05) is 9.35 Å². The zero-order valence-electron chi connectivity index (χ0n) is 8.80. The van der Waals surface area contributed by atoms with Gasteiger partial charge < -0.3 is 5.11 Å². The van der Waals surface area contributed by atoms with Crippen molar-refractivity contribution >= 4 is 27.3 Å². The lowest BCUT2D eigenvalue weighted by Crippen LogP contribution is -1.99. The second kappa shape index (κ2) is 5.07. The molecular formula is C10H12BrN3OS. The third kappa shape index (κ3) is 2.50. The molecule has 0 bridgehead atoms. The fraction of sp³-hybridized carbons (Fsp3) is 0.400. The van der Waals surface area contributed by atoms with Crippen LogP contribution in [-0.2, 0) is 6.54 Å². The van der Waals surface area contributed by atoms with Crippen LogP contribution in [0.15, 0.2) is 22.1 Å². The maximum absolute atomic E-state index is 9.60. The van der Waals surface area contributed by atoms with E-state index < -0.39 is 6.10 Å². The Hall–Kier alpha value is -0.720. The lowest BCUT2D eigenvalue weighted by molar-refractivity contribution is 0.168. The Bertz CT molecular complexity index is 468. The van der Waals surface area contributed by atoms with Gasteiger partial charge in [-0.2, -0.15) is 0 Å². The third-order valence-corrected chi connectivity index (χ3v) is 4.19. The van der Waals surface area contributed by atoms with Crippen molar-refractivity contribution in [1.82, 2.24) is 15.0 Å². The molecule has 0 aliphatic heterocycles. The summed E-state index contributed by atoms with van der Waals surface area (Å²) in [5.41, 5.74) is 0.634. The van der Waals surface area contributed by atoms with Crippen molar-refractivity contribution in [2.24, 2.45) is 0 Å². The van der Waals surface area contributed by atoms with Gasteiger partial charge in [-0.25, -0.2) is 4.68 Å². The fourth-order valence-corrected chi connectivity index (χ4v) is 2.81. The highest BCUT2D eigenvalue weighted by Crippen LogP contribution is 2.23. The summed E-state index contributed by atoms with van der Waals surface area (Å²) >= 11 is 5.14. The van der Waals surface area contributed by atoms with Crippen LogP contribution in [0.25, 0.3) is 0 Å². The Labute approximate surface area is 106 Å². The van der Waals surface area contributed by atoms with Gasteiger partial charge in [-0.15, -0.1) is 16.4 Å². The molecule has 4 nitrogen and oxygen atoms in total. The van der Waals surface area contributed by atoms with Crippen LogP contribution in [0.3, 0.4) is 0 Å². The highest BCUT2D eigenvalue weighted by molar-refractivity contribution is 9.10. The van der Waals surface area contributed by atoms with E-state index in [0.717, 1.165) is 4.47 Å². The summed E-state index contributed by atoms with van der Waals surface area (Å²) < 4.78 is 2.83. The number of aliphatic hydroxyl groups excluding tert-OH is 1. The number of hydrogen-bond donors (Lipinski definition) is 1. The Morgan fingerprint density at radius 2 is 2.44 bits per heavy atom. The topological polar surface area (TPSA) is 50.9 Å². The summed E-state index contributed by atoms with van der Waals surface area (Å²) in [6.07, 6.45) is 1.93. The smallest absolute Gasteiger partial charge is 0.111 e. The molecular weight excluding hydrogens is 290 g/mol. The molecule has 0 saturated heterocycles. The molecule has 1 unspecified atom stereocenters. The Kier molecular flexibility index (Phi) is 3.73. The highest BCUT2D eigenvalue weighted by Gasteiger charge is 2.10. The lowest BCUT2D eigenvalue weighted by Gasteiger charge is -2.00. The number of thiophene rings is 1. The molecule has 0 amide bonds. The van der Waals surface area contributed by atoms with E-state index in [1.807, 2.05) is 18.4 Å². The van der Waals surface area contributed by atoms with Crippen LogP contribution in [0, 0.1) is 0 Å². The maximum atomic E-state index is 9.60. The van der Waals surface area contributed by atoms with Crippen LogP contribution < -0.4 is 0 Å². The van der Waals surface area contributed by atoms with Gasteiger partial charge in [-0.3, -0.25) is 0 Å². The van der Waals surface area contributed by atoms with Gasteiger partial charge in [0.1, 0.15) is 5.69 Å². The summed E-state index contributed by atoms with van der Waals surface area (Å²) in [4.78, 5) is 1.20. The predicted molar refractivity (Wildman–Crippen MR) is 66.4 cm³/mol. The van der Waals surface area contributed by atoms with Crippen molar-refractivity contribution in [3.8, 4) is 0 Å². The van der Waals surface area contributed by atoms with E-state index >= 15 is 0 Å². The van der Waals surface area contributed by atoms with Gasteiger partial charge in [-0.1, -0.05) is 12.1 Å². The number of hydrogen-bond acceptors (Lipinski definition) is 4. The normalized spacial score (nSPS) is 12.9. The molecule has 2 rings (SSSR count). The quantitative estimate of drug-likeness (QED) is 0.944. The molecule has 6 heteroatoms. The van der Waals surface area contributed by atoms with Crippen LogP contribution in [0.4, 0.5) is 0 Å². The largest absolute Gasteiger partial charge is 0.387 e. The minimum absolute atomic E-state index is 0.513. The molecule has 0 aromatic carbocycles. The van der Waals surface area contributed by atoms with Crippen LogP contribution in [-0.4, -0.2) is 20.1 Å². The van der Waals surface area contributed by atoms with Crippen molar-refractivity contribution < 1.29 is 5.11 Å². The third-order valence-electron chi connectivity index (χ3n) is 2.28. The summed E-state index contributed by atoms with van der Waals surface area (Å²) in [5, 5.41) is 19.6. The first-order chi connectivity index (χ1) is 7.70. The SMILES string of the molecule is CCC(O)c1cn(Cc2sccc2Br)nn1. The molecule has 0 radical (unpaired) electrons. The molecule has 16 heavy (non-hydrogen) atoms. The summed E-state index contributed by atoms with van der Waals surface area (Å²) in [6, 6.07) is 2.01. The van der Waals surface area contributed by atoms with Gasteiger partial charge in [0.25, 0.3) is 0 Å². The van der Waals surface area contributed by atoms with Crippen molar-refractivity contribution in [3.63, 3.8) is 0 Å². The summed E-state index contributed by atoms with van der Waals surface area (Å²) in [6.45, 7) is 2.60. The average molecular weight is 302 g/mol. The van der Waals surface area contributed by atoms with E-state index in [9.17, 15) is 5.11 Å². The van der Waals surface area contributed by atoms with Crippen molar-refractivity contribution in [3.05, 3.63) is 32.7 Å². The number of nitrogens with zero attached hydrogens (tertiary/aromatic N) is 3. The number of aliphatic hydroxyl groups is 1. The zero-order valence-corrected chi connectivity index (χ0v) is 11.2. The highest BCUT2D eigenvalue weighted by atomic mass is 79.9. The molecule has 0 aliphatic rings. The molecule has 2 aromatic heterocycles. The molecule has 86 valence electrons. The fourth-order valence-electron chi connectivity index (χ4n) is 1.34. The van der Waals surface area contributed by atoms with E-state index in [1.165, 1.54) is 4.88 Å². The van der Waals surface area contributed by atoms with E-state index in [2.05, 4.69) is 26.2 Å². The first kappa shape index (κ1) is 11.8. The molecule has 0 aliphatic carbocycles. The molecule has 1 N–H and O–H groups in total. The van der Waals surface area contributed by atoms with Gasteiger partial charge >= 0.3 is 0 Å². The second-order valence-electron chi connectivity index (χ2n) is 3.46. The van der Waals surface area contributed by atoms with Crippen molar-refractivity contribution in [2.75, 3.05) is 0 Å². The molecule has 2 heterocycles. The number of halogens is 1. The zero-order chi connectivity index (χ0) is 11.5. The Balaban J connectivity index is 2.11. The van der Waals surface area contributed by atoms with Gasteiger partial charge in [-0.05, 0) is 33.8 Å². The molecule has 0 fully saturated rings. The van der Waals surface area contributed by atoms with Crippen molar-refractivity contribution in [1.29, 1.82) is 0 Å². The summed E-state index contributed by atoms with van der Waals surface area (Å²) in [7, 11) is 0. The molecule has 0 saturated carbocycles. The molecule has 2 aromatic rings. The minimum atomic E-state index is -0.513. The van der Waals surface area contributed by atoms with Crippen LogP contribution >= 0.6 is 27.3 Å². The summed E-state index contributed by atoms with van der Waals surface area (Å²) in [5.74, 6) is 0. The molecule has 0 spiro atoms. The predicted octanol–water partition coefficient (Wildman–Crippen LogP) is 2.59. The Morgan fingerprint density at radius 3 is 3.06 bits per heavy atom.